The third-order valence-corrected chi connectivity index (χ3v) is 6.32. The van der Waals surface area contributed by atoms with Crippen molar-refractivity contribution < 1.29 is 8.42 Å². The van der Waals surface area contributed by atoms with E-state index in [4.69, 9.17) is 21.8 Å². The van der Waals surface area contributed by atoms with Crippen molar-refractivity contribution in [2.45, 2.75) is 31.7 Å². The van der Waals surface area contributed by atoms with Gasteiger partial charge < -0.3 is 5.32 Å². The Bertz CT molecular complexity index is 1090. The Morgan fingerprint density at radius 1 is 1.18 bits per heavy atom. The molecule has 0 bridgehead atoms. The number of halogens is 1. The van der Waals surface area contributed by atoms with Crippen LogP contribution in [0.3, 0.4) is 0 Å². The summed E-state index contributed by atoms with van der Waals surface area (Å²) in [7, 11) is -3.40. The summed E-state index contributed by atoms with van der Waals surface area (Å²) in [6, 6.07) is 11.7. The second kappa shape index (κ2) is 7.69. The Balaban J connectivity index is 1.49. The fourth-order valence-electron chi connectivity index (χ4n) is 3.81. The maximum Gasteiger partial charge on any atom is 0.209 e. The van der Waals surface area contributed by atoms with Crippen molar-refractivity contribution in [1.82, 2.24) is 14.6 Å². The van der Waals surface area contributed by atoms with Crippen LogP contribution in [0.25, 0.3) is 16.9 Å². The molecule has 28 heavy (non-hydrogen) atoms. The molecule has 0 amide bonds. The van der Waals surface area contributed by atoms with Crippen LogP contribution in [-0.4, -0.2) is 34.8 Å². The fourth-order valence-corrected chi connectivity index (χ4v) is 4.99. The Morgan fingerprint density at radius 2 is 1.96 bits per heavy atom. The summed E-state index contributed by atoms with van der Waals surface area (Å²) in [5.74, 6) is 0.984. The number of primary sulfonamides is 1. The first-order valence-corrected chi connectivity index (χ1v) is 11.3. The Hall–Kier alpha value is -2.16. The number of nitrogens with zero attached hydrogens (tertiary/aromatic N) is 3. The molecule has 1 aromatic carbocycles. The van der Waals surface area contributed by atoms with Gasteiger partial charge in [-0.15, -0.1) is 5.10 Å². The molecule has 0 spiro atoms. The average Bonchev–Trinajstić information content (AvgIpc) is 3.05. The Labute approximate surface area is 169 Å². The minimum Gasteiger partial charge on any atom is -0.366 e. The van der Waals surface area contributed by atoms with Gasteiger partial charge >= 0.3 is 0 Å². The van der Waals surface area contributed by atoms with Crippen LogP contribution in [0, 0.1) is 5.92 Å². The lowest BCUT2D eigenvalue weighted by Gasteiger charge is -2.28. The van der Waals surface area contributed by atoms with Gasteiger partial charge in [0.15, 0.2) is 5.65 Å². The van der Waals surface area contributed by atoms with Crippen molar-refractivity contribution in [2.75, 3.05) is 11.1 Å². The maximum atomic E-state index is 11.3. The summed E-state index contributed by atoms with van der Waals surface area (Å²) in [5.41, 5.74) is 2.59. The highest BCUT2D eigenvalue weighted by Crippen LogP contribution is 2.28. The van der Waals surface area contributed by atoms with Crippen LogP contribution in [0.5, 0.6) is 0 Å². The zero-order valence-electron chi connectivity index (χ0n) is 15.3. The van der Waals surface area contributed by atoms with Gasteiger partial charge in [0.05, 0.1) is 17.6 Å². The first-order chi connectivity index (χ1) is 13.4. The quantitative estimate of drug-likeness (QED) is 0.660. The molecule has 3 N–H and O–H groups in total. The zero-order valence-corrected chi connectivity index (χ0v) is 16.8. The van der Waals surface area contributed by atoms with Gasteiger partial charge in [-0.3, -0.25) is 0 Å². The Kier molecular flexibility index (Phi) is 5.27. The van der Waals surface area contributed by atoms with Gasteiger partial charge in [0, 0.05) is 16.6 Å². The van der Waals surface area contributed by atoms with E-state index in [1.807, 2.05) is 36.4 Å². The molecule has 0 radical (unpaired) electrons. The van der Waals surface area contributed by atoms with E-state index in [-0.39, 0.29) is 17.7 Å². The van der Waals surface area contributed by atoms with Gasteiger partial charge in [-0.2, -0.15) is 0 Å². The van der Waals surface area contributed by atoms with Crippen molar-refractivity contribution in [3.63, 3.8) is 0 Å². The van der Waals surface area contributed by atoms with Crippen molar-refractivity contribution in [3.8, 4) is 11.3 Å². The summed E-state index contributed by atoms with van der Waals surface area (Å²) < 4.78 is 24.4. The predicted molar refractivity (Wildman–Crippen MR) is 111 cm³/mol. The SMILES string of the molecule is NS(=O)(=O)C[C@H]1CC[C@H](Nc2ccc3ncc(-c4cccc(Cl)c4)n3n2)CC1. The second-order valence-electron chi connectivity index (χ2n) is 7.33. The molecule has 1 aliphatic carbocycles. The minimum absolute atomic E-state index is 0.0714. The number of fused-ring (bicyclic) bond motifs is 1. The molecule has 1 saturated carbocycles. The highest BCUT2D eigenvalue weighted by atomic mass is 35.5. The number of hydrogen-bond acceptors (Lipinski definition) is 5. The van der Waals surface area contributed by atoms with Crippen LogP contribution in [-0.2, 0) is 10.0 Å². The number of nitrogens with two attached hydrogens (primary N) is 1. The first-order valence-electron chi connectivity index (χ1n) is 9.25. The molecule has 148 valence electrons. The van der Waals surface area contributed by atoms with Crippen molar-refractivity contribution in [2.24, 2.45) is 11.1 Å². The average molecular weight is 420 g/mol. The molecule has 3 aromatic rings. The molecular weight excluding hydrogens is 398 g/mol. The van der Waals surface area contributed by atoms with E-state index in [1.165, 1.54) is 0 Å². The molecule has 0 saturated heterocycles. The lowest BCUT2D eigenvalue weighted by Crippen LogP contribution is -2.31. The van der Waals surface area contributed by atoms with Crippen LogP contribution in [0.4, 0.5) is 5.82 Å². The summed E-state index contributed by atoms with van der Waals surface area (Å²) >= 11 is 6.12. The number of nitrogens with one attached hydrogen (secondary N) is 1. The van der Waals surface area contributed by atoms with Crippen LogP contribution in [0.15, 0.2) is 42.6 Å². The summed E-state index contributed by atoms with van der Waals surface area (Å²) in [6.07, 6.45) is 5.26. The van der Waals surface area contributed by atoms with E-state index >= 15 is 0 Å². The molecule has 2 aromatic heterocycles. The molecule has 4 rings (SSSR count). The minimum atomic E-state index is -3.40. The van der Waals surface area contributed by atoms with E-state index in [2.05, 4.69) is 10.3 Å². The molecular formula is C19H22ClN5O2S. The van der Waals surface area contributed by atoms with Gasteiger partial charge in [-0.1, -0.05) is 23.7 Å². The number of aromatic nitrogens is 3. The smallest absolute Gasteiger partial charge is 0.209 e. The lowest BCUT2D eigenvalue weighted by atomic mass is 9.87. The number of benzene rings is 1. The number of anilines is 1. The van der Waals surface area contributed by atoms with Gasteiger partial charge in [-0.25, -0.2) is 23.1 Å². The standard InChI is InChI=1S/C19H22ClN5O2S/c20-15-3-1-2-14(10-15)17-11-22-19-9-8-18(24-25(17)19)23-16-6-4-13(5-7-16)12-28(21,26)27/h1-3,8-11,13,16H,4-7,12H2,(H,23,24)(H2,21,26,27)/t13-,16-. The van der Waals surface area contributed by atoms with Gasteiger partial charge in [0.1, 0.15) is 5.82 Å². The fraction of sp³-hybridized carbons (Fsp3) is 0.368. The second-order valence-corrected chi connectivity index (χ2v) is 9.43. The third-order valence-electron chi connectivity index (χ3n) is 5.15. The third kappa shape index (κ3) is 4.45. The molecule has 1 fully saturated rings. The topological polar surface area (TPSA) is 102 Å². The molecule has 1 aliphatic rings. The highest BCUT2D eigenvalue weighted by molar-refractivity contribution is 7.89. The highest BCUT2D eigenvalue weighted by Gasteiger charge is 2.24. The van der Waals surface area contributed by atoms with E-state index in [0.717, 1.165) is 48.4 Å². The van der Waals surface area contributed by atoms with E-state index < -0.39 is 10.0 Å². The number of imidazole rings is 1. The van der Waals surface area contributed by atoms with E-state index in [9.17, 15) is 8.42 Å². The normalized spacial score (nSPS) is 20.4. The predicted octanol–water partition coefficient (Wildman–Crippen LogP) is 3.31. The maximum absolute atomic E-state index is 11.3. The molecule has 0 unspecified atom stereocenters. The van der Waals surface area contributed by atoms with Crippen molar-refractivity contribution in [3.05, 3.63) is 47.6 Å². The van der Waals surface area contributed by atoms with Gasteiger partial charge in [0.2, 0.25) is 10.0 Å². The van der Waals surface area contributed by atoms with E-state index in [1.54, 1.807) is 10.7 Å². The van der Waals surface area contributed by atoms with Crippen LogP contribution < -0.4 is 10.5 Å². The molecule has 9 heteroatoms. The zero-order chi connectivity index (χ0) is 19.7. The molecule has 2 heterocycles. The first kappa shape index (κ1) is 19.2. The van der Waals surface area contributed by atoms with Crippen molar-refractivity contribution >= 4 is 33.1 Å². The number of sulfonamides is 1. The summed E-state index contributed by atoms with van der Waals surface area (Å²) in [4.78, 5) is 4.42. The molecule has 0 aliphatic heterocycles. The lowest BCUT2D eigenvalue weighted by molar-refractivity contribution is 0.361. The van der Waals surface area contributed by atoms with Gasteiger partial charge in [-0.05, 0) is 55.9 Å². The number of hydrogen-bond donors (Lipinski definition) is 2. The van der Waals surface area contributed by atoms with Crippen LogP contribution >= 0.6 is 11.6 Å². The number of rotatable bonds is 5. The summed E-state index contributed by atoms with van der Waals surface area (Å²) in [5, 5.41) is 14.0. The van der Waals surface area contributed by atoms with Crippen molar-refractivity contribution in [1.29, 1.82) is 0 Å². The monoisotopic (exact) mass is 419 g/mol. The Morgan fingerprint density at radius 3 is 2.68 bits per heavy atom. The van der Waals surface area contributed by atoms with E-state index in [0.29, 0.717) is 5.02 Å². The molecule has 7 nitrogen and oxygen atoms in total. The largest absolute Gasteiger partial charge is 0.366 e. The summed E-state index contributed by atoms with van der Waals surface area (Å²) in [6.45, 7) is 0. The van der Waals surface area contributed by atoms with Gasteiger partial charge in [0.25, 0.3) is 0 Å². The molecule has 0 atom stereocenters. The van der Waals surface area contributed by atoms with Crippen LogP contribution in [0.1, 0.15) is 25.7 Å². The van der Waals surface area contributed by atoms with Crippen LogP contribution in [0.2, 0.25) is 5.02 Å².